The third kappa shape index (κ3) is 5.00. The van der Waals surface area contributed by atoms with E-state index in [0.29, 0.717) is 48.9 Å². The van der Waals surface area contributed by atoms with Crippen molar-refractivity contribution in [3.8, 4) is 11.8 Å². The van der Waals surface area contributed by atoms with Crippen LogP contribution in [0.1, 0.15) is 52.6 Å². The average molecular weight is 534 g/mol. The maximum absolute atomic E-state index is 15.0. The van der Waals surface area contributed by atoms with Crippen LogP contribution in [0.2, 0.25) is 0 Å². The molecule has 0 bridgehead atoms. The summed E-state index contributed by atoms with van der Waals surface area (Å²) in [5.41, 5.74) is 7.54. The number of hydrogen-bond donors (Lipinski definition) is 2. The third-order valence-corrected chi connectivity index (χ3v) is 7.45. The summed E-state index contributed by atoms with van der Waals surface area (Å²) in [6, 6.07) is 2.99. The number of ether oxygens (including phenoxy) is 1. The fraction of sp³-hybridized carbons (Fsp3) is 0.429. The number of imidazole rings is 1. The van der Waals surface area contributed by atoms with E-state index in [1.165, 1.54) is 12.1 Å². The molecule has 11 heteroatoms. The van der Waals surface area contributed by atoms with Crippen molar-refractivity contribution in [1.82, 2.24) is 24.2 Å². The molecule has 2 aromatic heterocycles. The van der Waals surface area contributed by atoms with Crippen LogP contribution in [0.25, 0.3) is 11.0 Å². The fourth-order valence-corrected chi connectivity index (χ4v) is 5.46. The Morgan fingerprint density at radius 2 is 2.10 bits per heavy atom. The van der Waals surface area contributed by atoms with Crippen LogP contribution in [0.3, 0.4) is 0 Å². The van der Waals surface area contributed by atoms with Gasteiger partial charge in [-0.2, -0.15) is 5.10 Å². The summed E-state index contributed by atoms with van der Waals surface area (Å²) < 4.78 is 23.9. The predicted octanol–water partition coefficient (Wildman–Crippen LogP) is 2.38. The van der Waals surface area contributed by atoms with E-state index in [1.54, 1.807) is 29.8 Å². The largest absolute Gasteiger partial charge is 0.383 e. The van der Waals surface area contributed by atoms with Crippen LogP contribution in [0.4, 0.5) is 10.2 Å². The van der Waals surface area contributed by atoms with Crippen molar-refractivity contribution in [2.24, 2.45) is 18.7 Å². The van der Waals surface area contributed by atoms with Gasteiger partial charge in [-0.1, -0.05) is 12.5 Å². The van der Waals surface area contributed by atoms with E-state index in [-0.39, 0.29) is 34.7 Å². The number of rotatable bonds is 8. The van der Waals surface area contributed by atoms with Crippen LogP contribution < -0.4 is 11.1 Å². The molecule has 2 fully saturated rings. The van der Waals surface area contributed by atoms with Gasteiger partial charge in [0, 0.05) is 46.3 Å². The molecule has 0 radical (unpaired) electrons. The first-order valence-corrected chi connectivity index (χ1v) is 12.9. The highest BCUT2D eigenvalue weighted by molar-refractivity contribution is 6.00. The molecule has 1 aliphatic carbocycles. The molecule has 3 N–H and O–H groups in total. The number of primary amides is 1. The van der Waals surface area contributed by atoms with E-state index in [2.05, 4.69) is 28.8 Å². The van der Waals surface area contributed by atoms with Crippen LogP contribution in [-0.2, 0) is 23.1 Å². The van der Waals surface area contributed by atoms with Gasteiger partial charge in [0.2, 0.25) is 5.91 Å². The van der Waals surface area contributed by atoms with E-state index in [9.17, 15) is 9.59 Å². The summed E-state index contributed by atoms with van der Waals surface area (Å²) in [4.78, 5) is 31.2. The molecule has 1 aromatic carbocycles. The van der Waals surface area contributed by atoms with Gasteiger partial charge in [-0.15, -0.1) is 0 Å². The maximum Gasteiger partial charge on any atom is 0.255 e. The zero-order valence-electron chi connectivity index (χ0n) is 22.3. The number of nitrogens with two attached hydrogens (primary N) is 1. The second kappa shape index (κ2) is 10.5. The number of fused-ring (bicyclic) bond motifs is 1. The summed E-state index contributed by atoms with van der Waals surface area (Å²) in [6.45, 7) is 4.91. The lowest BCUT2D eigenvalue weighted by atomic mass is 10.1. The fourth-order valence-electron chi connectivity index (χ4n) is 5.46. The molecular weight excluding hydrogens is 501 g/mol. The Morgan fingerprint density at radius 3 is 2.74 bits per heavy atom. The second-order valence-corrected chi connectivity index (χ2v) is 10.1. The number of aromatic nitrogens is 4. The first-order chi connectivity index (χ1) is 18.7. The maximum atomic E-state index is 15.0. The van der Waals surface area contributed by atoms with Gasteiger partial charge in [-0.25, -0.2) is 14.1 Å². The van der Waals surface area contributed by atoms with Crippen LogP contribution in [0, 0.1) is 23.6 Å². The molecule has 0 spiro atoms. The van der Waals surface area contributed by atoms with Crippen molar-refractivity contribution in [1.29, 1.82) is 0 Å². The van der Waals surface area contributed by atoms with Crippen LogP contribution in [-0.4, -0.2) is 69.4 Å². The first-order valence-electron chi connectivity index (χ1n) is 12.9. The van der Waals surface area contributed by atoms with E-state index in [1.807, 2.05) is 11.6 Å². The molecule has 0 unspecified atom stereocenters. The topological polar surface area (TPSA) is 120 Å². The molecule has 2 atom stereocenters. The first kappa shape index (κ1) is 26.4. The van der Waals surface area contributed by atoms with E-state index in [0.717, 1.165) is 18.7 Å². The van der Waals surface area contributed by atoms with Crippen LogP contribution >= 0.6 is 0 Å². The number of aryl methyl sites for hydroxylation is 1. The molecule has 3 aromatic rings. The van der Waals surface area contributed by atoms with Gasteiger partial charge >= 0.3 is 0 Å². The Labute approximate surface area is 226 Å². The Morgan fingerprint density at radius 1 is 1.33 bits per heavy atom. The SMILES string of the molecule is C=CC(=O)N1C[C@@H](Cn2nc(C#Cc3cc4nc(C5CC5)n(C)c4cc3F)c(C(N)=O)c2NC)C[C@@H]1COC. The molecule has 2 amide bonds. The van der Waals surface area contributed by atoms with Gasteiger partial charge in [0.25, 0.3) is 5.91 Å². The molecule has 39 heavy (non-hydrogen) atoms. The second-order valence-electron chi connectivity index (χ2n) is 10.1. The van der Waals surface area contributed by atoms with Crippen molar-refractivity contribution in [3.05, 3.63) is 53.3 Å². The van der Waals surface area contributed by atoms with E-state index in [4.69, 9.17) is 15.5 Å². The van der Waals surface area contributed by atoms with Crippen molar-refractivity contribution >= 4 is 28.7 Å². The van der Waals surface area contributed by atoms with Gasteiger partial charge in [0.15, 0.2) is 5.69 Å². The lowest BCUT2D eigenvalue weighted by molar-refractivity contribution is -0.127. The molecule has 5 rings (SSSR count). The minimum atomic E-state index is -0.697. The molecular formula is C28H32FN7O3. The molecule has 204 valence electrons. The summed E-state index contributed by atoms with van der Waals surface area (Å²) in [5.74, 6) is 6.21. The quantitative estimate of drug-likeness (QED) is 0.339. The van der Waals surface area contributed by atoms with Crippen molar-refractivity contribution < 1.29 is 18.7 Å². The summed E-state index contributed by atoms with van der Waals surface area (Å²) in [5, 5.41) is 7.57. The van der Waals surface area contributed by atoms with Crippen molar-refractivity contribution in [3.63, 3.8) is 0 Å². The highest BCUT2D eigenvalue weighted by atomic mass is 19.1. The van der Waals surface area contributed by atoms with Gasteiger partial charge in [0.05, 0.1) is 29.2 Å². The van der Waals surface area contributed by atoms with E-state index >= 15 is 4.39 Å². The molecule has 3 heterocycles. The number of halogens is 1. The Bertz CT molecular complexity index is 1530. The summed E-state index contributed by atoms with van der Waals surface area (Å²) >= 11 is 0. The number of nitrogens with one attached hydrogen (secondary N) is 1. The highest BCUT2D eigenvalue weighted by Crippen LogP contribution is 2.40. The Balaban J connectivity index is 1.46. The average Bonchev–Trinajstić information content (AvgIpc) is 3.48. The zero-order chi connectivity index (χ0) is 27.8. The summed E-state index contributed by atoms with van der Waals surface area (Å²) in [6.07, 6.45) is 4.18. The highest BCUT2D eigenvalue weighted by Gasteiger charge is 2.35. The smallest absolute Gasteiger partial charge is 0.255 e. The number of carbonyl (C=O) groups is 2. The number of nitrogens with zero attached hydrogens (tertiary/aromatic N) is 5. The Kier molecular flexibility index (Phi) is 7.14. The minimum Gasteiger partial charge on any atom is -0.383 e. The molecule has 1 saturated carbocycles. The number of methoxy groups -OCH3 is 1. The van der Waals surface area contributed by atoms with Crippen molar-refractivity contribution in [2.45, 2.75) is 37.8 Å². The van der Waals surface area contributed by atoms with Gasteiger partial charge in [-0.05, 0) is 43.2 Å². The lowest BCUT2D eigenvalue weighted by Gasteiger charge is -2.22. The normalized spacial score (nSPS) is 18.7. The number of benzene rings is 1. The molecule has 10 nitrogen and oxygen atoms in total. The molecule has 2 aliphatic rings. The summed E-state index contributed by atoms with van der Waals surface area (Å²) in [7, 11) is 5.16. The number of likely N-dealkylation sites (tertiary alicyclic amines) is 1. The number of anilines is 1. The van der Waals surface area contributed by atoms with E-state index < -0.39 is 11.7 Å². The lowest BCUT2D eigenvalue weighted by Crippen LogP contribution is -2.37. The predicted molar refractivity (Wildman–Crippen MR) is 145 cm³/mol. The number of amides is 2. The minimum absolute atomic E-state index is 0.0484. The van der Waals surface area contributed by atoms with Gasteiger partial charge < -0.3 is 25.3 Å². The molecule has 1 aliphatic heterocycles. The number of hydrogen-bond acceptors (Lipinski definition) is 6. The van der Waals surface area contributed by atoms with Crippen LogP contribution in [0.15, 0.2) is 24.8 Å². The molecule has 1 saturated heterocycles. The van der Waals surface area contributed by atoms with Crippen molar-refractivity contribution in [2.75, 3.05) is 32.6 Å². The van der Waals surface area contributed by atoms with Gasteiger partial charge in [0.1, 0.15) is 23.0 Å². The number of carbonyl (C=O) groups excluding carboxylic acids is 2. The van der Waals surface area contributed by atoms with Gasteiger partial charge in [-0.3, -0.25) is 9.59 Å². The third-order valence-electron chi connectivity index (χ3n) is 7.45. The monoisotopic (exact) mass is 533 g/mol. The Hall–Kier alpha value is -4.17. The van der Waals surface area contributed by atoms with Crippen LogP contribution in [0.5, 0.6) is 0 Å². The standard InChI is InChI=1S/C28H32FN7O3/c1-5-24(37)35-13-16(10-19(35)15-39-4)14-36-28(31-2)25(26(30)38)21(33-36)9-8-18-11-22-23(12-20(18)29)34(3)27(32-22)17-6-7-17/h5,11-12,16-17,19,31H,1,6-7,10,13-15H2,2-4H3,(H2,30,38)/t16-,19+/m0/s1. The zero-order valence-corrected chi connectivity index (χ0v) is 22.3.